The molecule has 0 saturated carbocycles. The molecule has 0 fully saturated rings. The molecule has 18 heteroatoms. The molecule has 0 amide bonds. The standard InChI is InChI=1S/C13H19N3O4.C8H6Cl2O3.C8H14ClN5/c1-5-10(6-2)14-12-11(15(17)18)7-8(3)9(4)13(12)16(19)20;1-13-7-5(10)3-2-4(9)6(7)8(11)12;1-4-10-7-12-6(9)13-8(14-7)11-5(2)3/h7,10,14H,5-6H2,1-4H3;2-3H,1H3,(H,11,12);5H,4H2,1-3H3,(H2,10,11,12,13,14). The first-order chi connectivity index (χ1) is 22.0. The van der Waals surface area contributed by atoms with Crippen LogP contribution in [0.25, 0.3) is 0 Å². The van der Waals surface area contributed by atoms with Gasteiger partial charge in [-0.25, -0.2) is 4.79 Å². The Balaban J connectivity index is 0.000000364. The number of benzene rings is 2. The number of aromatic nitrogens is 3. The smallest absolute Gasteiger partial charge is 0.341 e. The number of rotatable bonds is 12. The van der Waals surface area contributed by atoms with Gasteiger partial charge in [0, 0.05) is 30.3 Å². The molecule has 15 nitrogen and oxygen atoms in total. The number of hydrogen-bond donors (Lipinski definition) is 4. The van der Waals surface area contributed by atoms with Crippen molar-refractivity contribution in [2.75, 3.05) is 29.6 Å². The molecule has 0 aliphatic heterocycles. The SMILES string of the molecule is CCC(CC)Nc1c([N+](=O)[O-])cc(C)c(C)c1[N+](=O)[O-].CCNc1nc(Cl)nc(NC(C)C)n1.COc1c(Cl)ccc(Cl)c1C(=O)O. The summed E-state index contributed by atoms with van der Waals surface area (Å²) in [6, 6.07) is 4.51. The number of halogens is 3. The largest absolute Gasteiger partial charge is 0.494 e. The highest BCUT2D eigenvalue weighted by molar-refractivity contribution is 6.37. The summed E-state index contributed by atoms with van der Waals surface area (Å²) in [4.78, 5) is 44.0. The predicted octanol–water partition coefficient (Wildman–Crippen LogP) is 8.20. The molecule has 2 aromatic carbocycles. The van der Waals surface area contributed by atoms with E-state index in [0.29, 0.717) is 23.0 Å². The van der Waals surface area contributed by atoms with Gasteiger partial charge in [0.05, 0.1) is 27.0 Å². The van der Waals surface area contributed by atoms with Gasteiger partial charge in [-0.2, -0.15) is 15.0 Å². The maximum absolute atomic E-state index is 11.3. The predicted molar refractivity (Wildman–Crippen MR) is 185 cm³/mol. The number of carbonyl (C=O) groups is 1. The highest BCUT2D eigenvalue weighted by atomic mass is 35.5. The third-order valence-electron chi connectivity index (χ3n) is 6.34. The lowest BCUT2D eigenvalue weighted by molar-refractivity contribution is -0.392. The molecule has 258 valence electrons. The van der Waals surface area contributed by atoms with Gasteiger partial charge in [-0.3, -0.25) is 20.2 Å². The summed E-state index contributed by atoms with van der Waals surface area (Å²) in [7, 11) is 1.34. The van der Waals surface area contributed by atoms with Crippen molar-refractivity contribution in [1.29, 1.82) is 0 Å². The van der Waals surface area contributed by atoms with Crippen LogP contribution < -0.4 is 20.7 Å². The van der Waals surface area contributed by atoms with Gasteiger partial charge in [0.1, 0.15) is 5.56 Å². The fraction of sp³-hybridized carbons (Fsp3) is 0.448. The summed E-state index contributed by atoms with van der Waals surface area (Å²) in [6.07, 6.45) is 1.47. The molecule has 3 rings (SSSR count). The average Bonchev–Trinajstić information content (AvgIpc) is 2.98. The average molecular weight is 718 g/mol. The molecule has 47 heavy (non-hydrogen) atoms. The minimum atomic E-state index is -1.16. The second-order valence-corrected chi connectivity index (χ2v) is 11.2. The van der Waals surface area contributed by atoms with Gasteiger partial charge < -0.3 is 25.8 Å². The van der Waals surface area contributed by atoms with E-state index >= 15 is 0 Å². The first kappa shape index (κ1) is 40.8. The number of nitro groups is 2. The van der Waals surface area contributed by atoms with Crippen LogP contribution >= 0.6 is 34.8 Å². The van der Waals surface area contributed by atoms with Crippen molar-refractivity contribution >= 4 is 69.7 Å². The summed E-state index contributed by atoms with van der Waals surface area (Å²) in [5, 5.41) is 40.7. The summed E-state index contributed by atoms with van der Waals surface area (Å²) in [5.74, 6) is -0.0855. The van der Waals surface area contributed by atoms with Crippen molar-refractivity contribution in [2.45, 2.75) is 73.4 Å². The van der Waals surface area contributed by atoms with Crippen LogP contribution in [-0.2, 0) is 0 Å². The molecule has 0 spiro atoms. The van der Waals surface area contributed by atoms with Crippen molar-refractivity contribution in [3.8, 4) is 5.75 Å². The molecule has 4 N–H and O–H groups in total. The molecule has 0 aliphatic rings. The summed E-state index contributed by atoms with van der Waals surface area (Å²) >= 11 is 17.1. The topological polar surface area (TPSA) is 208 Å². The van der Waals surface area contributed by atoms with Crippen LogP contribution in [0.1, 0.15) is 68.9 Å². The Hall–Kier alpha value is -4.21. The van der Waals surface area contributed by atoms with Crippen molar-refractivity contribution in [1.82, 2.24) is 15.0 Å². The van der Waals surface area contributed by atoms with Gasteiger partial charge in [0.15, 0.2) is 11.4 Å². The zero-order chi connectivity index (χ0) is 36.0. The van der Waals surface area contributed by atoms with Gasteiger partial charge in [-0.05, 0) is 76.8 Å². The Bertz CT molecular complexity index is 1560. The normalized spacial score (nSPS) is 10.3. The zero-order valence-corrected chi connectivity index (χ0v) is 29.5. The van der Waals surface area contributed by atoms with Gasteiger partial charge in [0.25, 0.3) is 5.69 Å². The number of nitrogens with one attached hydrogen (secondary N) is 3. The molecule has 0 bridgehead atoms. The van der Waals surface area contributed by atoms with Crippen molar-refractivity contribution < 1.29 is 24.5 Å². The molecule has 0 saturated heterocycles. The fourth-order valence-electron chi connectivity index (χ4n) is 3.93. The monoisotopic (exact) mass is 716 g/mol. The van der Waals surface area contributed by atoms with E-state index in [1.54, 1.807) is 13.8 Å². The Morgan fingerprint density at radius 3 is 1.98 bits per heavy atom. The fourth-order valence-corrected chi connectivity index (χ4v) is 4.56. The van der Waals surface area contributed by atoms with Crippen molar-refractivity contribution in [2.24, 2.45) is 0 Å². The van der Waals surface area contributed by atoms with E-state index in [2.05, 4.69) is 30.9 Å². The van der Waals surface area contributed by atoms with Gasteiger partial charge in [-0.15, -0.1) is 0 Å². The number of anilines is 3. The Kier molecular flexibility index (Phi) is 16.9. The van der Waals surface area contributed by atoms with E-state index in [9.17, 15) is 25.0 Å². The number of aromatic carboxylic acids is 1. The minimum absolute atomic E-state index is 0.0109. The molecule has 0 radical (unpaired) electrons. The van der Waals surface area contributed by atoms with Crippen molar-refractivity contribution in [3.05, 3.63) is 70.4 Å². The Morgan fingerprint density at radius 2 is 1.53 bits per heavy atom. The lowest BCUT2D eigenvalue weighted by atomic mass is 10.0. The number of carboxylic acids is 1. The van der Waals surface area contributed by atoms with E-state index in [1.165, 1.54) is 25.3 Å². The van der Waals surface area contributed by atoms with E-state index in [0.717, 1.165) is 19.4 Å². The molecule has 0 aliphatic carbocycles. The van der Waals surface area contributed by atoms with Crippen LogP contribution in [-0.4, -0.2) is 61.6 Å². The summed E-state index contributed by atoms with van der Waals surface area (Å²) in [5.41, 5.74) is 0.441. The maximum Gasteiger partial charge on any atom is 0.341 e. The van der Waals surface area contributed by atoms with Crippen LogP contribution in [0, 0.1) is 34.1 Å². The number of hydrogen-bond acceptors (Lipinski definition) is 12. The third kappa shape index (κ3) is 12.2. The van der Waals surface area contributed by atoms with E-state index in [-0.39, 0.29) is 55.8 Å². The van der Waals surface area contributed by atoms with E-state index in [1.807, 2.05) is 34.6 Å². The lowest BCUT2D eigenvalue weighted by Crippen LogP contribution is -2.19. The second-order valence-electron chi connectivity index (χ2n) is 10.1. The Morgan fingerprint density at radius 1 is 0.957 bits per heavy atom. The van der Waals surface area contributed by atoms with Gasteiger partial charge in [-0.1, -0.05) is 37.0 Å². The highest BCUT2D eigenvalue weighted by Crippen LogP contribution is 2.39. The highest BCUT2D eigenvalue weighted by Gasteiger charge is 2.30. The van der Waals surface area contributed by atoms with E-state index in [4.69, 9.17) is 44.6 Å². The molecule has 0 atom stereocenters. The molecule has 3 aromatic rings. The number of ether oxygens (including phenoxy) is 1. The van der Waals surface area contributed by atoms with Crippen LogP contribution in [0.4, 0.5) is 29.0 Å². The second kappa shape index (κ2) is 19.5. The van der Waals surface area contributed by atoms with Gasteiger partial charge >= 0.3 is 11.7 Å². The van der Waals surface area contributed by atoms with Gasteiger partial charge in [0.2, 0.25) is 17.2 Å². The molecule has 1 heterocycles. The summed E-state index contributed by atoms with van der Waals surface area (Å²) < 4.78 is 4.82. The summed E-state index contributed by atoms with van der Waals surface area (Å²) in [6.45, 7) is 13.8. The number of aryl methyl sites for hydroxylation is 1. The van der Waals surface area contributed by atoms with E-state index < -0.39 is 15.8 Å². The van der Waals surface area contributed by atoms with Crippen LogP contribution in [0.2, 0.25) is 15.3 Å². The number of nitrogens with zero attached hydrogens (tertiary/aromatic N) is 5. The maximum atomic E-state index is 11.3. The third-order valence-corrected chi connectivity index (χ3v) is 7.13. The van der Waals surface area contributed by atoms with Crippen LogP contribution in [0.3, 0.4) is 0 Å². The molecular formula is C29H39Cl3N8O7. The Labute approximate surface area is 287 Å². The van der Waals surface area contributed by atoms with Crippen molar-refractivity contribution in [3.63, 3.8) is 0 Å². The minimum Gasteiger partial charge on any atom is -0.494 e. The molecular weight excluding hydrogens is 679 g/mol. The number of methoxy groups -OCH3 is 1. The van der Waals surface area contributed by atoms with Crippen LogP contribution in [0.5, 0.6) is 5.75 Å². The van der Waals surface area contributed by atoms with Crippen LogP contribution in [0.15, 0.2) is 18.2 Å². The quantitative estimate of drug-likeness (QED) is 0.103. The molecule has 1 aromatic heterocycles. The lowest BCUT2D eigenvalue weighted by Gasteiger charge is -2.17. The zero-order valence-electron chi connectivity index (χ0n) is 27.3. The first-order valence-corrected chi connectivity index (χ1v) is 15.5. The first-order valence-electron chi connectivity index (χ1n) is 14.4. The number of nitro benzene ring substituents is 2. The number of carboxylic acid groups (broad SMARTS) is 1. The molecule has 0 unspecified atom stereocenters.